The van der Waals surface area contributed by atoms with Crippen molar-refractivity contribution in [2.24, 2.45) is 0 Å². The maximum Gasteiger partial charge on any atom is 0.306 e. The molecular weight excluding hydrogens is 1020 g/mol. The van der Waals surface area contributed by atoms with Crippen LogP contribution in [0.3, 0.4) is 0 Å². The Morgan fingerprint density at radius 2 is 0.470 bits per heavy atom. The first kappa shape index (κ1) is 79.8. The highest BCUT2D eigenvalue weighted by Crippen LogP contribution is 2.19. The molecule has 83 heavy (non-hydrogen) atoms. The van der Waals surface area contributed by atoms with Crippen LogP contribution in [0.15, 0.2) is 72.9 Å². The van der Waals surface area contributed by atoms with E-state index >= 15 is 0 Å². The molecule has 1 atom stereocenters. The first-order chi connectivity index (χ1) is 41.0. The summed E-state index contributed by atoms with van der Waals surface area (Å²) in [4.78, 5) is 38.4. The van der Waals surface area contributed by atoms with Gasteiger partial charge in [-0.1, -0.05) is 363 Å². The first-order valence-electron chi connectivity index (χ1n) is 36.4. The molecule has 0 spiro atoms. The van der Waals surface area contributed by atoms with Gasteiger partial charge in [0.1, 0.15) is 13.2 Å². The molecular formula is C77H138O6. The minimum absolute atomic E-state index is 0.0766. The fourth-order valence-corrected chi connectivity index (χ4v) is 10.8. The lowest BCUT2D eigenvalue weighted by molar-refractivity contribution is -0.167. The van der Waals surface area contributed by atoms with E-state index in [0.717, 1.165) is 109 Å². The third-order valence-corrected chi connectivity index (χ3v) is 16.2. The molecule has 0 saturated heterocycles. The number of ether oxygens (including phenoxy) is 3. The zero-order valence-corrected chi connectivity index (χ0v) is 55.5. The SMILES string of the molecule is CC/C=C\C/C=C\C/C=C\C/C=C\C/C=C\C/C=C\CCCCCCCCC(=O)OC(COC(=O)CCCCCCCCCCCCCC)COC(=O)CCCCCCCCCCCCCCCCCCCCCCCCCCCCCC. The van der Waals surface area contributed by atoms with Crippen LogP contribution in [-0.2, 0) is 28.6 Å². The summed E-state index contributed by atoms with van der Waals surface area (Å²) in [5.74, 6) is -0.868. The summed E-state index contributed by atoms with van der Waals surface area (Å²) in [5, 5.41) is 0. The van der Waals surface area contributed by atoms with Gasteiger partial charge in [0.05, 0.1) is 0 Å². The highest BCUT2D eigenvalue weighted by Gasteiger charge is 2.19. The molecule has 0 amide bonds. The largest absolute Gasteiger partial charge is 0.462 e. The standard InChI is InChI=1S/C77H138O6/c1-4-7-10-13-16-19-22-25-27-29-31-33-35-37-38-39-41-42-44-46-48-50-52-55-58-61-64-67-70-76(79)82-73-74(72-81-75(78)69-66-63-60-57-54-24-21-18-15-12-9-6-3)83-77(80)71-68-65-62-59-56-53-51-49-47-45-43-40-36-34-32-30-28-26-23-20-17-14-11-8-5-2/h8,11,17,20,26,28,32,34,40,43,47,49,74H,4-7,9-10,12-16,18-19,21-25,27,29-31,33,35-39,41-42,44-46,48,50-73H2,1-3H3/b11-8-,20-17-,28-26-,34-32-,43-40-,49-47-. The average Bonchev–Trinajstić information content (AvgIpc) is 3.49. The summed E-state index contributed by atoms with van der Waals surface area (Å²) in [6.07, 6.45) is 93.7. The number of esters is 3. The van der Waals surface area contributed by atoms with Crippen molar-refractivity contribution < 1.29 is 28.6 Å². The molecule has 0 aliphatic heterocycles. The maximum absolute atomic E-state index is 13.0. The molecule has 0 aromatic carbocycles. The molecule has 0 aromatic rings. The number of carbonyl (C=O) groups excluding carboxylic acids is 3. The van der Waals surface area contributed by atoms with E-state index in [4.69, 9.17) is 14.2 Å². The lowest BCUT2D eigenvalue weighted by atomic mass is 10.0. The van der Waals surface area contributed by atoms with Crippen LogP contribution >= 0.6 is 0 Å². The molecule has 0 aromatic heterocycles. The van der Waals surface area contributed by atoms with Crippen molar-refractivity contribution in [2.75, 3.05) is 13.2 Å². The van der Waals surface area contributed by atoms with Gasteiger partial charge in [0.15, 0.2) is 6.10 Å². The van der Waals surface area contributed by atoms with Crippen molar-refractivity contribution in [1.29, 1.82) is 0 Å². The molecule has 482 valence electrons. The molecule has 0 saturated carbocycles. The average molecular weight is 1160 g/mol. The quantitative estimate of drug-likeness (QED) is 0.0261. The van der Waals surface area contributed by atoms with Gasteiger partial charge < -0.3 is 14.2 Å². The van der Waals surface area contributed by atoms with Crippen molar-refractivity contribution in [1.82, 2.24) is 0 Å². The Balaban J connectivity index is 4.23. The van der Waals surface area contributed by atoms with E-state index in [1.165, 1.54) is 231 Å². The number of rotatable bonds is 67. The second kappa shape index (κ2) is 71.3. The van der Waals surface area contributed by atoms with Crippen LogP contribution in [0.4, 0.5) is 0 Å². The van der Waals surface area contributed by atoms with Gasteiger partial charge in [-0.25, -0.2) is 0 Å². The van der Waals surface area contributed by atoms with Gasteiger partial charge in [0.25, 0.3) is 0 Å². The van der Waals surface area contributed by atoms with Crippen molar-refractivity contribution in [3.63, 3.8) is 0 Å². The monoisotopic (exact) mass is 1160 g/mol. The van der Waals surface area contributed by atoms with Crippen molar-refractivity contribution in [2.45, 2.75) is 386 Å². The normalized spacial score (nSPS) is 12.5. The molecule has 0 bridgehead atoms. The Kier molecular flexibility index (Phi) is 68.6. The van der Waals surface area contributed by atoms with E-state index in [0.29, 0.717) is 19.3 Å². The topological polar surface area (TPSA) is 78.9 Å². The molecule has 0 fully saturated rings. The molecule has 0 radical (unpaired) electrons. The highest BCUT2D eigenvalue weighted by atomic mass is 16.6. The second-order valence-corrected chi connectivity index (χ2v) is 24.5. The van der Waals surface area contributed by atoms with Gasteiger partial charge in [0.2, 0.25) is 0 Å². The Hall–Kier alpha value is -3.15. The predicted octanol–water partition coefficient (Wildman–Crippen LogP) is 25.2. The number of allylic oxidation sites excluding steroid dienone is 12. The maximum atomic E-state index is 13.0. The van der Waals surface area contributed by atoms with Crippen LogP contribution in [0.2, 0.25) is 0 Å². The Bertz CT molecular complexity index is 1520. The van der Waals surface area contributed by atoms with Crippen LogP contribution in [0.1, 0.15) is 380 Å². The van der Waals surface area contributed by atoms with E-state index in [1.54, 1.807) is 0 Å². The van der Waals surface area contributed by atoms with Gasteiger partial charge in [-0.3, -0.25) is 14.4 Å². The first-order valence-corrected chi connectivity index (χ1v) is 36.4. The Morgan fingerprint density at radius 1 is 0.253 bits per heavy atom. The summed E-state index contributed by atoms with van der Waals surface area (Å²) in [7, 11) is 0. The zero-order chi connectivity index (χ0) is 59.9. The van der Waals surface area contributed by atoms with Crippen LogP contribution in [-0.4, -0.2) is 37.2 Å². The minimum Gasteiger partial charge on any atom is -0.462 e. The van der Waals surface area contributed by atoms with Gasteiger partial charge in [0, 0.05) is 19.3 Å². The molecule has 0 aliphatic rings. The fourth-order valence-electron chi connectivity index (χ4n) is 10.8. The van der Waals surface area contributed by atoms with Crippen LogP contribution in [0.25, 0.3) is 0 Å². The molecule has 1 unspecified atom stereocenters. The fraction of sp³-hybridized carbons (Fsp3) is 0.805. The third kappa shape index (κ3) is 69.5. The molecule has 0 rings (SSSR count). The summed E-state index contributed by atoms with van der Waals surface area (Å²) < 4.78 is 17.0. The van der Waals surface area contributed by atoms with Crippen molar-refractivity contribution in [3.05, 3.63) is 72.9 Å². The van der Waals surface area contributed by atoms with Crippen molar-refractivity contribution in [3.8, 4) is 0 Å². The highest BCUT2D eigenvalue weighted by molar-refractivity contribution is 5.71. The lowest BCUT2D eigenvalue weighted by Crippen LogP contribution is -2.30. The summed E-state index contributed by atoms with van der Waals surface area (Å²) in [6, 6.07) is 0. The van der Waals surface area contributed by atoms with Gasteiger partial charge in [-0.2, -0.15) is 0 Å². The smallest absolute Gasteiger partial charge is 0.306 e. The molecule has 6 heteroatoms. The van der Waals surface area contributed by atoms with E-state index < -0.39 is 6.10 Å². The van der Waals surface area contributed by atoms with Gasteiger partial charge >= 0.3 is 17.9 Å². The van der Waals surface area contributed by atoms with Crippen LogP contribution in [0, 0.1) is 0 Å². The van der Waals surface area contributed by atoms with E-state index in [9.17, 15) is 14.4 Å². The second-order valence-electron chi connectivity index (χ2n) is 24.5. The van der Waals surface area contributed by atoms with E-state index in [-0.39, 0.29) is 31.1 Å². The minimum atomic E-state index is -0.782. The Labute approximate surface area is 516 Å². The predicted molar refractivity (Wildman–Crippen MR) is 362 cm³/mol. The summed E-state index contributed by atoms with van der Waals surface area (Å²) >= 11 is 0. The van der Waals surface area contributed by atoms with Crippen LogP contribution < -0.4 is 0 Å². The van der Waals surface area contributed by atoms with Gasteiger partial charge in [-0.15, -0.1) is 0 Å². The number of carbonyl (C=O) groups is 3. The number of unbranched alkanes of at least 4 members (excludes halogenated alkanes) is 44. The van der Waals surface area contributed by atoms with E-state index in [2.05, 4.69) is 93.7 Å². The summed E-state index contributed by atoms with van der Waals surface area (Å²) in [6.45, 7) is 6.57. The van der Waals surface area contributed by atoms with Crippen LogP contribution in [0.5, 0.6) is 0 Å². The lowest BCUT2D eigenvalue weighted by Gasteiger charge is -2.18. The molecule has 6 nitrogen and oxygen atoms in total. The molecule has 0 heterocycles. The summed E-state index contributed by atoms with van der Waals surface area (Å²) in [5.41, 5.74) is 0. The zero-order valence-electron chi connectivity index (χ0n) is 55.5. The van der Waals surface area contributed by atoms with Crippen molar-refractivity contribution >= 4 is 17.9 Å². The molecule has 0 aliphatic carbocycles. The van der Waals surface area contributed by atoms with Gasteiger partial charge in [-0.05, 0) is 70.6 Å². The third-order valence-electron chi connectivity index (χ3n) is 16.2. The number of hydrogen-bond acceptors (Lipinski definition) is 6. The number of hydrogen-bond donors (Lipinski definition) is 0. The Morgan fingerprint density at radius 3 is 0.735 bits per heavy atom. The molecule has 0 N–H and O–H groups in total. The van der Waals surface area contributed by atoms with E-state index in [1.807, 2.05) is 0 Å².